The van der Waals surface area contributed by atoms with E-state index in [4.69, 9.17) is 49.0 Å². The number of anilines is 1. The molecule has 9 nitrogen and oxygen atoms in total. The zero-order valence-corrected chi connectivity index (χ0v) is 23.0. The number of hydrazone groups is 1. The predicted octanol–water partition coefficient (Wildman–Crippen LogP) is 5.02. The summed E-state index contributed by atoms with van der Waals surface area (Å²) >= 11 is 18.0. The van der Waals surface area contributed by atoms with Crippen molar-refractivity contribution in [3.8, 4) is 17.2 Å². The Balaban J connectivity index is 1.97. The average molecular weight is 587 g/mol. The summed E-state index contributed by atoms with van der Waals surface area (Å²) in [6, 6.07) is 13.3. The fourth-order valence-electron chi connectivity index (χ4n) is 3.20. The van der Waals surface area contributed by atoms with E-state index < -0.39 is 22.5 Å². The Labute approximate surface area is 229 Å². The Morgan fingerprint density at radius 1 is 0.892 bits per heavy atom. The number of sulfonamides is 1. The van der Waals surface area contributed by atoms with Crippen molar-refractivity contribution in [2.75, 3.05) is 32.2 Å². The van der Waals surface area contributed by atoms with Gasteiger partial charge < -0.3 is 14.2 Å². The van der Waals surface area contributed by atoms with Gasteiger partial charge in [0.1, 0.15) is 12.3 Å². The van der Waals surface area contributed by atoms with Crippen LogP contribution in [-0.2, 0) is 14.8 Å². The molecule has 196 valence electrons. The summed E-state index contributed by atoms with van der Waals surface area (Å²) in [6.45, 7) is -0.647. The molecule has 0 saturated carbocycles. The third-order valence-electron chi connectivity index (χ3n) is 4.99. The molecule has 3 rings (SSSR count). The fraction of sp³-hybridized carbons (Fsp3) is 0.167. The molecule has 0 fully saturated rings. The number of ether oxygens (including phenoxy) is 3. The molecule has 1 amide bonds. The molecule has 0 radical (unpaired) electrons. The standard InChI is InChI=1S/C24H22Cl3N3O6S/c1-34-21-8-5-16(25)11-20(21)30(37(32,33)17-6-9-22(35-2)23(12-17)36-3)14-24(31)29-28-13-15-4-7-18(26)19(27)10-15/h4-13H,14H2,1-3H3,(H,29,31)/b28-13-. The third kappa shape index (κ3) is 6.78. The Hall–Kier alpha value is -3.18. The summed E-state index contributed by atoms with van der Waals surface area (Å²) in [6.07, 6.45) is 1.34. The summed E-state index contributed by atoms with van der Waals surface area (Å²) in [5.74, 6) is -0.0251. The van der Waals surface area contributed by atoms with E-state index in [2.05, 4.69) is 10.5 Å². The summed E-state index contributed by atoms with van der Waals surface area (Å²) in [5.41, 5.74) is 2.93. The van der Waals surface area contributed by atoms with Crippen LogP contribution in [0.15, 0.2) is 64.6 Å². The van der Waals surface area contributed by atoms with Crippen molar-refractivity contribution in [1.82, 2.24) is 5.43 Å². The number of carbonyl (C=O) groups excluding carboxylic acids is 1. The van der Waals surface area contributed by atoms with Gasteiger partial charge in [-0.25, -0.2) is 13.8 Å². The molecule has 0 saturated heterocycles. The molecule has 0 atom stereocenters. The predicted molar refractivity (Wildman–Crippen MR) is 144 cm³/mol. The first-order chi connectivity index (χ1) is 17.6. The van der Waals surface area contributed by atoms with E-state index >= 15 is 0 Å². The van der Waals surface area contributed by atoms with Crippen LogP contribution < -0.4 is 23.9 Å². The highest BCUT2D eigenvalue weighted by atomic mass is 35.5. The molecule has 0 spiro atoms. The summed E-state index contributed by atoms with van der Waals surface area (Å²) in [7, 11) is -0.150. The van der Waals surface area contributed by atoms with Crippen molar-refractivity contribution < 1.29 is 27.4 Å². The van der Waals surface area contributed by atoms with Gasteiger partial charge in [0.2, 0.25) is 0 Å². The van der Waals surface area contributed by atoms with Gasteiger partial charge in [-0.2, -0.15) is 5.10 Å². The Kier molecular flexibility index (Phi) is 9.50. The van der Waals surface area contributed by atoms with Crippen molar-refractivity contribution in [1.29, 1.82) is 0 Å². The molecular formula is C24H22Cl3N3O6S. The number of methoxy groups -OCH3 is 3. The monoisotopic (exact) mass is 585 g/mol. The molecule has 0 bridgehead atoms. The van der Waals surface area contributed by atoms with Gasteiger partial charge in [0.25, 0.3) is 15.9 Å². The highest BCUT2D eigenvalue weighted by Crippen LogP contribution is 2.37. The number of benzene rings is 3. The van der Waals surface area contributed by atoms with E-state index in [0.717, 1.165) is 4.31 Å². The fourth-order valence-corrected chi connectivity index (χ4v) is 5.11. The lowest BCUT2D eigenvalue weighted by Gasteiger charge is -2.25. The average Bonchev–Trinajstić information content (AvgIpc) is 2.88. The summed E-state index contributed by atoms with van der Waals surface area (Å²) in [5, 5.41) is 4.81. The van der Waals surface area contributed by atoms with Crippen molar-refractivity contribution in [3.05, 3.63) is 75.2 Å². The van der Waals surface area contributed by atoms with Gasteiger partial charge in [-0.05, 0) is 48.0 Å². The first-order valence-electron chi connectivity index (χ1n) is 10.5. The van der Waals surface area contributed by atoms with Gasteiger partial charge in [-0.3, -0.25) is 9.10 Å². The van der Waals surface area contributed by atoms with Gasteiger partial charge in [0.05, 0.1) is 48.2 Å². The van der Waals surface area contributed by atoms with Crippen LogP contribution in [0.2, 0.25) is 15.1 Å². The van der Waals surface area contributed by atoms with Gasteiger partial charge in [0, 0.05) is 11.1 Å². The number of rotatable bonds is 10. The summed E-state index contributed by atoms with van der Waals surface area (Å²) in [4.78, 5) is 12.7. The number of hydrogen-bond donors (Lipinski definition) is 1. The van der Waals surface area contributed by atoms with Crippen LogP contribution in [0.5, 0.6) is 17.2 Å². The minimum atomic E-state index is -4.33. The Bertz CT molecular complexity index is 1430. The van der Waals surface area contributed by atoms with Crippen LogP contribution in [0.25, 0.3) is 0 Å². The highest BCUT2D eigenvalue weighted by Gasteiger charge is 2.30. The lowest BCUT2D eigenvalue weighted by Crippen LogP contribution is -2.39. The molecule has 3 aromatic carbocycles. The van der Waals surface area contributed by atoms with Crippen molar-refractivity contribution >= 4 is 62.6 Å². The van der Waals surface area contributed by atoms with Gasteiger partial charge in [0.15, 0.2) is 11.5 Å². The van der Waals surface area contributed by atoms with Crippen LogP contribution in [0.4, 0.5) is 5.69 Å². The molecular weight excluding hydrogens is 565 g/mol. The second-order valence-electron chi connectivity index (χ2n) is 7.31. The van der Waals surface area contributed by atoms with Crippen LogP contribution in [0.3, 0.4) is 0 Å². The molecule has 3 aromatic rings. The lowest BCUT2D eigenvalue weighted by molar-refractivity contribution is -0.119. The highest BCUT2D eigenvalue weighted by molar-refractivity contribution is 7.92. The van der Waals surface area contributed by atoms with Gasteiger partial charge >= 0.3 is 0 Å². The number of nitrogens with zero attached hydrogens (tertiary/aromatic N) is 2. The number of halogens is 3. The normalized spacial score (nSPS) is 11.3. The molecule has 37 heavy (non-hydrogen) atoms. The van der Waals surface area contributed by atoms with Crippen LogP contribution in [0.1, 0.15) is 5.56 Å². The van der Waals surface area contributed by atoms with E-state index in [1.54, 1.807) is 18.2 Å². The molecule has 0 aliphatic carbocycles. The van der Waals surface area contributed by atoms with E-state index in [1.165, 1.54) is 63.9 Å². The van der Waals surface area contributed by atoms with E-state index in [9.17, 15) is 13.2 Å². The second kappa shape index (κ2) is 12.4. The molecule has 0 aliphatic rings. The van der Waals surface area contributed by atoms with Crippen LogP contribution >= 0.6 is 34.8 Å². The smallest absolute Gasteiger partial charge is 0.265 e. The largest absolute Gasteiger partial charge is 0.495 e. The third-order valence-corrected chi connectivity index (χ3v) is 7.72. The number of nitrogens with one attached hydrogen (secondary N) is 1. The molecule has 0 aliphatic heterocycles. The van der Waals surface area contributed by atoms with E-state index in [-0.39, 0.29) is 27.1 Å². The van der Waals surface area contributed by atoms with E-state index in [1.807, 2.05) is 0 Å². The molecule has 0 heterocycles. The zero-order valence-electron chi connectivity index (χ0n) is 19.9. The lowest BCUT2D eigenvalue weighted by atomic mass is 10.2. The number of amides is 1. The van der Waals surface area contributed by atoms with Gasteiger partial charge in [-0.1, -0.05) is 40.9 Å². The van der Waals surface area contributed by atoms with Crippen LogP contribution in [-0.4, -0.2) is 48.4 Å². The topological polar surface area (TPSA) is 107 Å². The second-order valence-corrected chi connectivity index (χ2v) is 10.4. The minimum absolute atomic E-state index is 0.0494. The maximum atomic E-state index is 13.8. The molecule has 0 unspecified atom stereocenters. The molecule has 13 heteroatoms. The maximum absolute atomic E-state index is 13.8. The zero-order chi connectivity index (χ0) is 27.2. The first kappa shape index (κ1) is 28.4. The van der Waals surface area contributed by atoms with E-state index in [0.29, 0.717) is 21.4 Å². The summed E-state index contributed by atoms with van der Waals surface area (Å²) < 4.78 is 44.2. The minimum Gasteiger partial charge on any atom is -0.495 e. The Morgan fingerprint density at radius 2 is 1.57 bits per heavy atom. The van der Waals surface area contributed by atoms with Crippen LogP contribution in [0, 0.1) is 0 Å². The van der Waals surface area contributed by atoms with Gasteiger partial charge in [-0.15, -0.1) is 0 Å². The number of hydrogen-bond acceptors (Lipinski definition) is 7. The maximum Gasteiger partial charge on any atom is 0.265 e. The van der Waals surface area contributed by atoms with Crippen molar-refractivity contribution in [3.63, 3.8) is 0 Å². The quantitative estimate of drug-likeness (QED) is 0.264. The van der Waals surface area contributed by atoms with Crippen molar-refractivity contribution in [2.45, 2.75) is 4.90 Å². The Morgan fingerprint density at radius 3 is 2.22 bits per heavy atom. The number of carbonyl (C=O) groups is 1. The first-order valence-corrected chi connectivity index (χ1v) is 13.0. The SMILES string of the molecule is COc1ccc(S(=O)(=O)N(CC(=O)N/N=C\c2ccc(Cl)c(Cl)c2)c2cc(Cl)ccc2OC)cc1OC. The molecule has 1 N–H and O–H groups in total. The van der Waals surface area contributed by atoms with Crippen molar-refractivity contribution in [2.24, 2.45) is 5.10 Å². The molecule has 0 aromatic heterocycles.